The van der Waals surface area contributed by atoms with Crippen LogP contribution in [0.4, 0.5) is 16.2 Å². The molecule has 4 heterocycles. The molecule has 0 saturated heterocycles. The minimum Gasteiger partial charge on any atom is -0.507 e. The van der Waals surface area contributed by atoms with E-state index in [0.29, 0.717) is 34.9 Å². The van der Waals surface area contributed by atoms with Gasteiger partial charge in [0.25, 0.3) is 5.91 Å². The van der Waals surface area contributed by atoms with Gasteiger partial charge in [0.15, 0.2) is 17.7 Å². The van der Waals surface area contributed by atoms with E-state index in [0.717, 1.165) is 22.1 Å². The molecule has 332 valence electrons. The first-order valence-corrected chi connectivity index (χ1v) is 22.5. The summed E-state index contributed by atoms with van der Waals surface area (Å²) in [4.78, 5) is 51.8. The number of hydrogen-bond acceptors (Lipinski definition) is 11. The fourth-order valence-electron chi connectivity index (χ4n) is 8.67. The Hall–Kier alpha value is -6.46. The zero-order chi connectivity index (χ0) is 45.3. The molecule has 8 rings (SSSR count). The van der Waals surface area contributed by atoms with Crippen LogP contribution in [-0.4, -0.2) is 100 Å². The number of aromatic nitrogens is 1. The molecule has 1 unspecified atom stereocenters. The highest BCUT2D eigenvalue weighted by atomic mass is 35.5. The highest BCUT2D eigenvalue weighted by Crippen LogP contribution is 2.46. The van der Waals surface area contributed by atoms with E-state index in [-0.39, 0.29) is 77.8 Å². The fourth-order valence-corrected chi connectivity index (χ4v) is 9.65. The van der Waals surface area contributed by atoms with Gasteiger partial charge in [-0.05, 0) is 65.9 Å². The zero-order valence-electron chi connectivity index (χ0n) is 35.3. The number of nitrogens with one attached hydrogen (secondary N) is 1. The van der Waals surface area contributed by atoms with Crippen LogP contribution < -0.4 is 24.0 Å². The van der Waals surface area contributed by atoms with Crippen LogP contribution in [0.15, 0.2) is 109 Å². The van der Waals surface area contributed by atoms with Crippen molar-refractivity contribution in [3.8, 4) is 17.2 Å². The number of pyridine rings is 1. The van der Waals surface area contributed by atoms with Gasteiger partial charge >= 0.3 is 6.09 Å². The van der Waals surface area contributed by atoms with Crippen LogP contribution in [0.3, 0.4) is 0 Å². The Bertz CT molecular complexity index is 2800. The Labute approximate surface area is 375 Å². The second-order valence-corrected chi connectivity index (χ2v) is 17.6. The van der Waals surface area contributed by atoms with Gasteiger partial charge in [-0.1, -0.05) is 61.2 Å². The molecule has 0 radical (unpaired) electrons. The first kappa shape index (κ1) is 44.2. The number of phenolic OH excluding ortho intramolecular Hbond substituents is 1. The van der Waals surface area contributed by atoms with Gasteiger partial charge in [-0.15, -0.1) is 11.6 Å². The number of aromatic hydroxyl groups is 1. The first-order chi connectivity index (χ1) is 30.9. The van der Waals surface area contributed by atoms with Gasteiger partial charge in [-0.3, -0.25) is 14.6 Å². The highest BCUT2D eigenvalue weighted by molar-refractivity contribution is 7.89. The average molecular weight is 908 g/mol. The van der Waals surface area contributed by atoms with Gasteiger partial charge in [0.1, 0.15) is 19.0 Å². The average Bonchev–Trinajstić information content (AvgIpc) is 3.66. The predicted octanol–water partition coefficient (Wildman–Crippen LogP) is 6.76. The van der Waals surface area contributed by atoms with E-state index in [4.69, 9.17) is 35.5 Å². The van der Waals surface area contributed by atoms with Crippen molar-refractivity contribution in [2.24, 2.45) is 0 Å². The Morgan fingerprint density at radius 2 is 1.73 bits per heavy atom. The molecule has 5 aromatic rings. The third kappa shape index (κ3) is 8.25. The Balaban J connectivity index is 1.06. The topological polar surface area (TPSA) is 177 Å². The highest BCUT2D eigenvalue weighted by Gasteiger charge is 2.46. The number of ether oxygens (including phenoxy) is 4. The molecule has 17 heteroatoms. The SMILES string of the molecule is C=CCOC(=O)N1c2cc(OCc3cccc(CC(=O)N4C[C@@H](CCl)c5c4cc(O)c4ccccc54)n3)c(OC)cc2C(=O)N2CC=C(c3ccc(S(=O)(=O)NC)cc3)C[C@H]2C1OC. The van der Waals surface area contributed by atoms with Gasteiger partial charge in [-0.25, -0.2) is 22.8 Å². The summed E-state index contributed by atoms with van der Waals surface area (Å²) in [6.07, 6.45) is 1.71. The maximum atomic E-state index is 14.5. The predicted molar refractivity (Wildman–Crippen MR) is 242 cm³/mol. The summed E-state index contributed by atoms with van der Waals surface area (Å²) in [7, 11) is 0.565. The van der Waals surface area contributed by atoms with Crippen LogP contribution in [0.1, 0.15) is 45.2 Å². The van der Waals surface area contributed by atoms with Gasteiger partial charge in [-0.2, -0.15) is 0 Å². The Morgan fingerprint density at radius 1 is 0.984 bits per heavy atom. The lowest BCUT2D eigenvalue weighted by molar-refractivity contribution is -0.118. The molecule has 3 amide bonds. The number of methoxy groups -OCH3 is 2. The van der Waals surface area contributed by atoms with E-state index >= 15 is 0 Å². The molecular weight excluding hydrogens is 862 g/mol. The number of carbonyl (C=O) groups excluding carboxylic acids is 3. The second kappa shape index (κ2) is 18.3. The van der Waals surface area contributed by atoms with Gasteiger partial charge < -0.3 is 33.9 Å². The third-order valence-corrected chi connectivity index (χ3v) is 13.6. The summed E-state index contributed by atoms with van der Waals surface area (Å²) in [5, 5.41) is 12.4. The van der Waals surface area contributed by atoms with E-state index in [1.165, 1.54) is 56.5 Å². The van der Waals surface area contributed by atoms with E-state index < -0.39 is 34.3 Å². The van der Waals surface area contributed by atoms with Crippen molar-refractivity contribution in [2.75, 3.05) is 56.6 Å². The minimum atomic E-state index is -3.66. The van der Waals surface area contributed by atoms with Crippen LogP contribution in [0.25, 0.3) is 16.3 Å². The third-order valence-electron chi connectivity index (χ3n) is 11.8. The van der Waals surface area contributed by atoms with Crippen molar-refractivity contribution >= 4 is 67.3 Å². The summed E-state index contributed by atoms with van der Waals surface area (Å²) in [6, 6.07) is 23.2. The van der Waals surface area contributed by atoms with Crippen molar-refractivity contribution in [2.45, 2.75) is 42.5 Å². The number of sulfonamides is 1. The van der Waals surface area contributed by atoms with Crippen LogP contribution >= 0.6 is 11.6 Å². The molecule has 4 aromatic carbocycles. The molecule has 3 aliphatic rings. The molecule has 64 heavy (non-hydrogen) atoms. The van der Waals surface area contributed by atoms with Crippen molar-refractivity contribution in [3.05, 3.63) is 132 Å². The number of halogens is 1. The lowest BCUT2D eigenvalue weighted by Gasteiger charge is -2.40. The summed E-state index contributed by atoms with van der Waals surface area (Å²) < 4.78 is 50.8. The number of alkyl halides is 1. The van der Waals surface area contributed by atoms with Crippen LogP contribution in [0.2, 0.25) is 0 Å². The maximum Gasteiger partial charge on any atom is 0.416 e. The number of rotatable bonds is 13. The molecule has 1 aromatic heterocycles. The van der Waals surface area contributed by atoms with Gasteiger partial charge in [0.05, 0.1) is 52.8 Å². The minimum absolute atomic E-state index is 0.0296. The number of benzene rings is 4. The Kier molecular flexibility index (Phi) is 12.6. The summed E-state index contributed by atoms with van der Waals surface area (Å²) in [5.74, 6) is 0.0757. The normalized spacial score (nSPS) is 18.1. The van der Waals surface area contributed by atoms with E-state index in [2.05, 4.69) is 11.3 Å². The molecule has 3 atom stereocenters. The smallest absolute Gasteiger partial charge is 0.416 e. The molecule has 3 aliphatic heterocycles. The van der Waals surface area contributed by atoms with Crippen LogP contribution in [0, 0.1) is 0 Å². The molecule has 0 aliphatic carbocycles. The number of nitrogens with zero attached hydrogens (tertiary/aromatic N) is 4. The molecule has 0 spiro atoms. The van der Waals surface area contributed by atoms with Crippen molar-refractivity contribution in [1.82, 2.24) is 14.6 Å². The fraction of sp³-hybridized carbons (Fsp3) is 0.277. The number of phenols is 1. The molecule has 0 saturated carbocycles. The number of anilines is 2. The molecule has 15 nitrogen and oxygen atoms in total. The van der Waals surface area contributed by atoms with E-state index in [1.807, 2.05) is 30.3 Å². The van der Waals surface area contributed by atoms with Crippen LogP contribution in [-0.2, 0) is 37.3 Å². The quantitative estimate of drug-likeness (QED) is 0.0943. The molecule has 0 bridgehead atoms. The summed E-state index contributed by atoms with van der Waals surface area (Å²) >= 11 is 6.41. The van der Waals surface area contributed by atoms with E-state index in [9.17, 15) is 27.9 Å². The van der Waals surface area contributed by atoms with Crippen molar-refractivity contribution in [1.29, 1.82) is 0 Å². The number of amides is 3. The van der Waals surface area contributed by atoms with Crippen molar-refractivity contribution in [3.63, 3.8) is 0 Å². The number of hydrogen-bond donors (Lipinski definition) is 2. The number of carbonyl (C=O) groups is 3. The van der Waals surface area contributed by atoms with E-state index in [1.54, 1.807) is 46.2 Å². The lowest BCUT2D eigenvalue weighted by atomic mass is 9.93. The first-order valence-electron chi connectivity index (χ1n) is 20.5. The van der Waals surface area contributed by atoms with Crippen LogP contribution in [0.5, 0.6) is 17.2 Å². The largest absolute Gasteiger partial charge is 0.507 e. The standard InChI is InChI=1S/C47H46ClN5O10S/c1-5-19-62-47(57)53-37-24-42(41(60-3)22-36(37)45(56)51-18-17-29(20-39(51)46(53)61-4)28-13-15-33(16-14-28)64(58,59)49-2)63-27-32-10-8-9-31(50-32)21-43(55)52-26-30(25-48)44-35-12-7-6-11-34(35)40(54)23-38(44)52/h5-17,22-24,30,39,46,49,54H,1,18-21,25-27H2,2-4H3/t30-,39+,46?/m1/s1. The Morgan fingerprint density at radius 3 is 2.44 bits per heavy atom. The maximum absolute atomic E-state index is 14.5. The zero-order valence-corrected chi connectivity index (χ0v) is 36.9. The summed E-state index contributed by atoms with van der Waals surface area (Å²) in [5.41, 5.74) is 4.41. The molecular formula is C47H46ClN5O10S. The number of fused-ring (bicyclic) bond motifs is 5. The summed E-state index contributed by atoms with van der Waals surface area (Å²) in [6.45, 7) is 4.01. The van der Waals surface area contributed by atoms with Gasteiger partial charge in [0, 0.05) is 49.5 Å². The molecule has 0 fully saturated rings. The second-order valence-electron chi connectivity index (χ2n) is 15.4. The van der Waals surface area contributed by atoms with Gasteiger partial charge in [0.2, 0.25) is 15.9 Å². The molecule has 2 N–H and O–H groups in total. The lowest BCUT2D eigenvalue weighted by Crippen LogP contribution is -2.55. The monoisotopic (exact) mass is 907 g/mol. The van der Waals surface area contributed by atoms with Crippen molar-refractivity contribution < 1.29 is 46.9 Å².